The lowest BCUT2D eigenvalue weighted by Gasteiger charge is -2.38. The highest BCUT2D eigenvalue weighted by molar-refractivity contribution is 5.77. The second-order valence-corrected chi connectivity index (χ2v) is 6.65. The van der Waals surface area contributed by atoms with Crippen molar-refractivity contribution in [2.75, 3.05) is 7.11 Å². The standard InChI is InChI=1S/C21H25NO3/c1-25-19-10-6-5-7-15(19)11-12-20(24)22-21(17-13-18(23)14-17)16-8-3-2-4-9-16/h2-10,17-18,21,23H,11-14H2,1H3,(H,22,24). The Bertz CT molecular complexity index is 695. The molecule has 3 rings (SSSR count). The number of hydrogen-bond acceptors (Lipinski definition) is 3. The van der Waals surface area contributed by atoms with Crippen molar-refractivity contribution in [3.63, 3.8) is 0 Å². The minimum absolute atomic E-state index is 0.0288. The third-order valence-corrected chi connectivity index (χ3v) is 4.91. The second-order valence-electron chi connectivity index (χ2n) is 6.65. The maximum atomic E-state index is 12.5. The number of methoxy groups -OCH3 is 1. The Labute approximate surface area is 148 Å². The first-order valence-electron chi connectivity index (χ1n) is 8.81. The number of carbonyl (C=O) groups is 1. The van der Waals surface area contributed by atoms with E-state index in [0.717, 1.165) is 29.7 Å². The second kappa shape index (κ2) is 8.17. The van der Waals surface area contributed by atoms with Crippen molar-refractivity contribution < 1.29 is 14.6 Å². The van der Waals surface area contributed by atoms with Gasteiger partial charge in [-0.1, -0.05) is 48.5 Å². The molecule has 0 radical (unpaired) electrons. The summed E-state index contributed by atoms with van der Waals surface area (Å²) in [6.07, 6.45) is 2.31. The maximum Gasteiger partial charge on any atom is 0.220 e. The number of nitrogens with one attached hydrogen (secondary N) is 1. The Morgan fingerprint density at radius 3 is 2.52 bits per heavy atom. The fourth-order valence-electron chi connectivity index (χ4n) is 3.44. The fourth-order valence-corrected chi connectivity index (χ4v) is 3.44. The molecule has 1 amide bonds. The van der Waals surface area contributed by atoms with E-state index in [9.17, 15) is 9.90 Å². The van der Waals surface area contributed by atoms with Crippen LogP contribution in [0.4, 0.5) is 0 Å². The van der Waals surface area contributed by atoms with Crippen LogP contribution in [0.15, 0.2) is 54.6 Å². The zero-order valence-electron chi connectivity index (χ0n) is 14.5. The number of amides is 1. The molecule has 1 saturated carbocycles. The fraction of sp³-hybridized carbons (Fsp3) is 0.381. The van der Waals surface area contributed by atoms with E-state index in [1.807, 2.05) is 54.6 Å². The number of para-hydroxylation sites is 1. The molecule has 0 aromatic heterocycles. The van der Waals surface area contributed by atoms with Crippen LogP contribution in [-0.2, 0) is 11.2 Å². The molecular weight excluding hydrogens is 314 g/mol. The number of ether oxygens (including phenoxy) is 1. The molecule has 2 aromatic carbocycles. The number of aliphatic hydroxyl groups is 1. The molecular formula is C21H25NO3. The molecule has 1 aliphatic rings. The molecule has 0 heterocycles. The van der Waals surface area contributed by atoms with Gasteiger partial charge >= 0.3 is 0 Å². The third kappa shape index (κ3) is 4.40. The molecule has 0 bridgehead atoms. The van der Waals surface area contributed by atoms with Gasteiger partial charge < -0.3 is 15.2 Å². The monoisotopic (exact) mass is 339 g/mol. The van der Waals surface area contributed by atoms with E-state index in [1.54, 1.807) is 7.11 Å². The Morgan fingerprint density at radius 1 is 1.16 bits per heavy atom. The van der Waals surface area contributed by atoms with Crippen molar-refractivity contribution in [1.82, 2.24) is 5.32 Å². The molecule has 0 aliphatic heterocycles. The Balaban J connectivity index is 1.62. The summed E-state index contributed by atoms with van der Waals surface area (Å²) in [5.74, 6) is 1.14. The minimum atomic E-state index is -0.235. The van der Waals surface area contributed by atoms with Crippen molar-refractivity contribution >= 4 is 5.91 Å². The molecule has 0 saturated heterocycles. The number of carbonyl (C=O) groups excluding carboxylic acids is 1. The summed E-state index contributed by atoms with van der Waals surface area (Å²) in [6.45, 7) is 0. The Morgan fingerprint density at radius 2 is 1.84 bits per heavy atom. The summed E-state index contributed by atoms with van der Waals surface area (Å²) < 4.78 is 5.35. The van der Waals surface area contributed by atoms with Crippen molar-refractivity contribution in [1.29, 1.82) is 0 Å². The van der Waals surface area contributed by atoms with Crippen molar-refractivity contribution in [3.05, 3.63) is 65.7 Å². The molecule has 1 fully saturated rings. The van der Waals surface area contributed by atoms with Crippen LogP contribution in [0.3, 0.4) is 0 Å². The van der Waals surface area contributed by atoms with E-state index in [1.165, 1.54) is 0 Å². The van der Waals surface area contributed by atoms with Crippen LogP contribution in [0.1, 0.15) is 36.4 Å². The number of aliphatic hydroxyl groups excluding tert-OH is 1. The first-order valence-corrected chi connectivity index (χ1v) is 8.81. The lowest BCUT2D eigenvalue weighted by atomic mass is 9.75. The van der Waals surface area contributed by atoms with Crippen LogP contribution >= 0.6 is 0 Å². The Hall–Kier alpha value is -2.33. The quantitative estimate of drug-likeness (QED) is 0.814. The lowest BCUT2D eigenvalue weighted by molar-refractivity contribution is -0.123. The first kappa shape index (κ1) is 17.5. The van der Waals surface area contributed by atoms with Gasteiger partial charge in [-0.05, 0) is 42.4 Å². The zero-order valence-corrected chi connectivity index (χ0v) is 14.5. The van der Waals surface area contributed by atoms with Crippen molar-refractivity contribution in [2.45, 2.75) is 37.8 Å². The Kier molecular flexibility index (Phi) is 5.71. The van der Waals surface area contributed by atoms with Gasteiger partial charge in [0, 0.05) is 6.42 Å². The smallest absolute Gasteiger partial charge is 0.220 e. The summed E-state index contributed by atoms with van der Waals surface area (Å²) in [7, 11) is 1.65. The number of hydrogen-bond donors (Lipinski definition) is 2. The lowest BCUT2D eigenvalue weighted by Crippen LogP contribution is -2.41. The molecule has 1 aliphatic carbocycles. The molecule has 2 N–H and O–H groups in total. The van der Waals surface area contributed by atoms with Crippen LogP contribution < -0.4 is 10.1 Å². The molecule has 0 spiro atoms. The van der Waals surface area contributed by atoms with Gasteiger partial charge in [0.05, 0.1) is 19.3 Å². The van der Waals surface area contributed by atoms with Gasteiger partial charge in [0.2, 0.25) is 5.91 Å². The van der Waals surface area contributed by atoms with E-state index < -0.39 is 0 Å². The van der Waals surface area contributed by atoms with Crippen LogP contribution in [0.25, 0.3) is 0 Å². The van der Waals surface area contributed by atoms with E-state index in [4.69, 9.17) is 4.74 Å². The number of aryl methyl sites for hydroxylation is 1. The van der Waals surface area contributed by atoms with Crippen molar-refractivity contribution in [3.8, 4) is 5.75 Å². The summed E-state index contributed by atoms with van der Waals surface area (Å²) in [5, 5.41) is 12.8. The summed E-state index contributed by atoms with van der Waals surface area (Å²) >= 11 is 0. The molecule has 4 nitrogen and oxygen atoms in total. The van der Waals surface area contributed by atoms with Gasteiger partial charge in [-0.15, -0.1) is 0 Å². The number of benzene rings is 2. The van der Waals surface area contributed by atoms with Crippen LogP contribution in [-0.4, -0.2) is 24.2 Å². The average Bonchev–Trinajstić information content (AvgIpc) is 2.63. The van der Waals surface area contributed by atoms with Gasteiger partial charge in [0.1, 0.15) is 5.75 Å². The molecule has 2 aromatic rings. The molecule has 1 atom stereocenters. The van der Waals surface area contributed by atoms with E-state index in [0.29, 0.717) is 18.8 Å². The summed E-state index contributed by atoms with van der Waals surface area (Å²) in [4.78, 5) is 12.5. The third-order valence-electron chi connectivity index (χ3n) is 4.91. The molecule has 132 valence electrons. The van der Waals surface area contributed by atoms with Crippen LogP contribution in [0.2, 0.25) is 0 Å². The van der Waals surface area contributed by atoms with Gasteiger partial charge in [-0.25, -0.2) is 0 Å². The maximum absolute atomic E-state index is 12.5. The predicted octanol–water partition coefficient (Wildman–Crippen LogP) is 3.26. The highest BCUT2D eigenvalue weighted by Gasteiger charge is 2.35. The van der Waals surface area contributed by atoms with Gasteiger partial charge in [0.15, 0.2) is 0 Å². The summed E-state index contributed by atoms with van der Waals surface area (Å²) in [5.41, 5.74) is 2.14. The van der Waals surface area contributed by atoms with E-state index in [-0.39, 0.29) is 18.1 Å². The van der Waals surface area contributed by atoms with Gasteiger partial charge in [-0.3, -0.25) is 4.79 Å². The molecule has 25 heavy (non-hydrogen) atoms. The van der Waals surface area contributed by atoms with Gasteiger partial charge in [-0.2, -0.15) is 0 Å². The molecule has 1 unspecified atom stereocenters. The number of rotatable bonds is 7. The topological polar surface area (TPSA) is 58.6 Å². The average molecular weight is 339 g/mol. The largest absolute Gasteiger partial charge is 0.496 e. The summed E-state index contributed by atoms with van der Waals surface area (Å²) in [6, 6.07) is 17.8. The SMILES string of the molecule is COc1ccccc1CCC(=O)NC(c1ccccc1)C1CC(O)C1. The highest BCUT2D eigenvalue weighted by Crippen LogP contribution is 2.38. The minimum Gasteiger partial charge on any atom is -0.496 e. The van der Waals surface area contributed by atoms with Crippen molar-refractivity contribution in [2.24, 2.45) is 5.92 Å². The van der Waals surface area contributed by atoms with E-state index in [2.05, 4.69) is 5.32 Å². The first-order chi connectivity index (χ1) is 12.2. The predicted molar refractivity (Wildman–Crippen MR) is 97.4 cm³/mol. The zero-order chi connectivity index (χ0) is 17.6. The molecule has 4 heteroatoms. The van der Waals surface area contributed by atoms with Crippen LogP contribution in [0, 0.1) is 5.92 Å². The van der Waals surface area contributed by atoms with E-state index >= 15 is 0 Å². The normalized spacial score (nSPS) is 20.4. The van der Waals surface area contributed by atoms with Crippen LogP contribution in [0.5, 0.6) is 5.75 Å². The highest BCUT2D eigenvalue weighted by atomic mass is 16.5. The van der Waals surface area contributed by atoms with Gasteiger partial charge in [0.25, 0.3) is 0 Å².